The van der Waals surface area contributed by atoms with Crippen molar-refractivity contribution in [3.05, 3.63) is 56.1 Å². The number of aromatic amines is 2. The molecule has 1 aromatic heterocycles. The van der Waals surface area contributed by atoms with Gasteiger partial charge in [-0.1, -0.05) is 23.7 Å². The third-order valence-electron chi connectivity index (χ3n) is 3.46. The number of H-pyrrole nitrogens is 2. The summed E-state index contributed by atoms with van der Waals surface area (Å²) in [5, 5.41) is 4.83. The lowest BCUT2D eigenvalue weighted by Gasteiger charge is -2.10. The molecule has 0 amide bonds. The molecule has 0 saturated heterocycles. The van der Waals surface area contributed by atoms with Crippen LogP contribution in [-0.4, -0.2) is 17.3 Å². The van der Waals surface area contributed by atoms with Crippen LogP contribution in [0, 0.1) is 0 Å². The van der Waals surface area contributed by atoms with Crippen molar-refractivity contribution in [1.82, 2.24) is 10.2 Å². The summed E-state index contributed by atoms with van der Waals surface area (Å²) in [7, 11) is 1.57. The van der Waals surface area contributed by atoms with E-state index in [1.165, 1.54) is 0 Å². The molecule has 0 atom stereocenters. The van der Waals surface area contributed by atoms with Crippen molar-refractivity contribution in [2.24, 2.45) is 0 Å². The lowest BCUT2D eigenvalue weighted by molar-refractivity contribution is 0.415. The highest BCUT2D eigenvalue weighted by Gasteiger charge is 2.16. The molecule has 6 nitrogen and oxygen atoms in total. The molecular weight excluding hydrogens is 306 g/mol. The minimum atomic E-state index is -0.496. The molecule has 4 N–H and O–H groups in total. The van der Waals surface area contributed by atoms with Gasteiger partial charge in [0.1, 0.15) is 5.75 Å². The summed E-state index contributed by atoms with van der Waals surface area (Å²) in [5.74, 6) is 0.698. The highest BCUT2D eigenvalue weighted by Crippen LogP contribution is 2.34. The Morgan fingerprint density at radius 3 is 2.23 bits per heavy atom. The Morgan fingerprint density at radius 2 is 1.64 bits per heavy atom. The first-order valence-electron chi connectivity index (χ1n) is 6.40. The summed E-state index contributed by atoms with van der Waals surface area (Å²) in [6.45, 7) is 0. The summed E-state index contributed by atoms with van der Waals surface area (Å²) >= 11 is 6.17. The number of benzene rings is 2. The Balaban J connectivity index is 2.36. The SMILES string of the molecule is COc1ccc(-c2cc(Cl)c3c(=O)[nH][nH]c(=O)c3c2N)cc1. The van der Waals surface area contributed by atoms with Gasteiger partial charge in [0.2, 0.25) is 0 Å². The molecule has 1 heterocycles. The van der Waals surface area contributed by atoms with Gasteiger partial charge in [0.25, 0.3) is 11.1 Å². The lowest BCUT2D eigenvalue weighted by Crippen LogP contribution is -2.20. The van der Waals surface area contributed by atoms with Gasteiger partial charge in [-0.3, -0.25) is 19.8 Å². The van der Waals surface area contributed by atoms with Crippen LogP contribution >= 0.6 is 11.6 Å². The molecule has 3 aromatic rings. The molecule has 22 heavy (non-hydrogen) atoms. The van der Waals surface area contributed by atoms with Gasteiger partial charge in [0.15, 0.2) is 0 Å². The Bertz CT molecular complexity index is 974. The van der Waals surface area contributed by atoms with Crippen molar-refractivity contribution in [2.45, 2.75) is 0 Å². The Labute approximate surface area is 129 Å². The second-order valence-corrected chi connectivity index (χ2v) is 5.11. The van der Waals surface area contributed by atoms with Crippen molar-refractivity contribution >= 4 is 28.1 Å². The average Bonchev–Trinajstić information content (AvgIpc) is 2.53. The fourth-order valence-electron chi connectivity index (χ4n) is 2.37. The largest absolute Gasteiger partial charge is 0.497 e. The van der Waals surface area contributed by atoms with E-state index in [-0.39, 0.29) is 21.5 Å². The lowest BCUT2D eigenvalue weighted by atomic mass is 10.00. The minimum absolute atomic E-state index is 0.0835. The molecule has 0 fully saturated rings. The smallest absolute Gasteiger partial charge is 0.272 e. The van der Waals surface area contributed by atoms with Gasteiger partial charge in [0, 0.05) is 5.56 Å². The average molecular weight is 318 g/mol. The van der Waals surface area contributed by atoms with Gasteiger partial charge in [0.05, 0.1) is 28.6 Å². The number of anilines is 1. The first kappa shape index (κ1) is 14.2. The maximum absolute atomic E-state index is 12.0. The topological polar surface area (TPSA) is 101 Å². The van der Waals surface area contributed by atoms with E-state index in [0.29, 0.717) is 11.3 Å². The van der Waals surface area contributed by atoms with Gasteiger partial charge in [-0.2, -0.15) is 0 Å². The van der Waals surface area contributed by atoms with Crippen molar-refractivity contribution in [2.75, 3.05) is 12.8 Å². The highest BCUT2D eigenvalue weighted by molar-refractivity contribution is 6.36. The van der Waals surface area contributed by atoms with E-state index >= 15 is 0 Å². The molecule has 0 spiro atoms. The Kier molecular flexibility index (Phi) is 3.38. The predicted molar refractivity (Wildman–Crippen MR) is 86.6 cm³/mol. The van der Waals surface area contributed by atoms with Crippen LogP contribution in [0.25, 0.3) is 21.9 Å². The molecule has 0 bridgehead atoms. The zero-order valence-electron chi connectivity index (χ0n) is 11.6. The molecular formula is C15H12ClN3O3. The van der Waals surface area contributed by atoms with E-state index in [2.05, 4.69) is 10.2 Å². The van der Waals surface area contributed by atoms with Crippen LogP contribution < -0.4 is 21.6 Å². The number of rotatable bonds is 2. The summed E-state index contributed by atoms with van der Waals surface area (Å²) in [6, 6.07) is 8.72. The molecule has 7 heteroatoms. The second-order valence-electron chi connectivity index (χ2n) is 4.71. The molecule has 0 unspecified atom stereocenters. The standard InChI is InChI=1S/C15H12ClN3O3/c1-22-8-4-2-7(3-5-8)9-6-10(16)11-12(13(9)17)15(21)19-18-14(11)20/h2-6H,17H2,1H3,(H,18,20)(H,19,21). The van der Waals surface area contributed by atoms with E-state index in [0.717, 1.165) is 5.56 Å². The number of methoxy groups -OCH3 is 1. The van der Waals surface area contributed by atoms with Crippen LogP contribution in [0.15, 0.2) is 39.9 Å². The van der Waals surface area contributed by atoms with Gasteiger partial charge < -0.3 is 10.5 Å². The Hall–Kier alpha value is -2.73. The first-order valence-corrected chi connectivity index (χ1v) is 6.77. The molecule has 0 radical (unpaired) electrons. The fraction of sp³-hybridized carbons (Fsp3) is 0.0667. The number of hydrogen-bond acceptors (Lipinski definition) is 4. The van der Waals surface area contributed by atoms with Crippen LogP contribution in [0.3, 0.4) is 0 Å². The highest BCUT2D eigenvalue weighted by atomic mass is 35.5. The van der Waals surface area contributed by atoms with Crippen LogP contribution in [0.5, 0.6) is 5.75 Å². The molecule has 112 valence electrons. The molecule has 0 aliphatic carbocycles. The number of fused-ring (bicyclic) bond motifs is 1. The zero-order valence-corrected chi connectivity index (χ0v) is 12.3. The normalized spacial score (nSPS) is 10.8. The quantitative estimate of drug-likeness (QED) is 0.630. The maximum Gasteiger partial charge on any atom is 0.272 e. The van der Waals surface area contributed by atoms with Gasteiger partial charge in [-0.25, -0.2) is 0 Å². The zero-order chi connectivity index (χ0) is 15.9. The van der Waals surface area contributed by atoms with Gasteiger partial charge in [-0.05, 0) is 23.8 Å². The maximum atomic E-state index is 12.0. The summed E-state index contributed by atoms with van der Waals surface area (Å²) < 4.78 is 5.11. The third kappa shape index (κ3) is 2.14. The van der Waals surface area contributed by atoms with Crippen LogP contribution in [0.2, 0.25) is 5.02 Å². The summed E-state index contributed by atoms with van der Waals surface area (Å²) in [5.41, 5.74) is 6.66. The number of hydrogen-bond donors (Lipinski definition) is 3. The van der Waals surface area contributed by atoms with Crippen LogP contribution in [0.4, 0.5) is 5.69 Å². The van der Waals surface area contributed by atoms with Crippen LogP contribution in [0.1, 0.15) is 0 Å². The van der Waals surface area contributed by atoms with Crippen molar-refractivity contribution in [3.8, 4) is 16.9 Å². The van der Waals surface area contributed by atoms with Crippen molar-refractivity contribution in [3.63, 3.8) is 0 Å². The van der Waals surface area contributed by atoms with Gasteiger partial charge in [-0.15, -0.1) is 0 Å². The first-order chi connectivity index (χ1) is 10.5. The number of nitrogens with one attached hydrogen (secondary N) is 2. The van der Waals surface area contributed by atoms with E-state index in [9.17, 15) is 9.59 Å². The van der Waals surface area contributed by atoms with Crippen molar-refractivity contribution < 1.29 is 4.74 Å². The number of nitrogen functional groups attached to an aromatic ring is 1. The second kappa shape index (κ2) is 5.23. The molecule has 2 aromatic carbocycles. The minimum Gasteiger partial charge on any atom is -0.497 e. The number of aromatic nitrogens is 2. The predicted octanol–water partition coefficient (Wildman–Crippen LogP) is 2.13. The molecule has 0 aliphatic heterocycles. The van der Waals surface area contributed by atoms with Gasteiger partial charge >= 0.3 is 0 Å². The third-order valence-corrected chi connectivity index (χ3v) is 3.76. The number of nitrogens with two attached hydrogens (primary N) is 1. The van der Waals surface area contributed by atoms with E-state index in [1.54, 1.807) is 37.4 Å². The van der Waals surface area contributed by atoms with Crippen molar-refractivity contribution in [1.29, 1.82) is 0 Å². The fourth-order valence-corrected chi connectivity index (χ4v) is 2.66. The van der Waals surface area contributed by atoms with Crippen LogP contribution in [-0.2, 0) is 0 Å². The summed E-state index contributed by atoms with van der Waals surface area (Å²) in [6.07, 6.45) is 0. The molecule has 0 aliphatic rings. The Morgan fingerprint density at radius 1 is 1.05 bits per heavy atom. The monoisotopic (exact) mass is 317 g/mol. The van der Waals surface area contributed by atoms with E-state index < -0.39 is 11.1 Å². The van der Waals surface area contributed by atoms with E-state index in [4.69, 9.17) is 22.1 Å². The molecule has 3 rings (SSSR count). The number of halogens is 1. The number of ether oxygens (including phenoxy) is 1. The van der Waals surface area contributed by atoms with E-state index in [1.807, 2.05) is 0 Å². The molecule has 0 saturated carbocycles. The summed E-state index contributed by atoms with van der Waals surface area (Å²) in [4.78, 5) is 23.9.